The minimum Gasteiger partial charge on any atom is -0.345 e. The summed E-state index contributed by atoms with van der Waals surface area (Å²) in [6.07, 6.45) is 2.51. The molecule has 0 aliphatic heterocycles. The van der Waals surface area contributed by atoms with Gasteiger partial charge in [0.1, 0.15) is 0 Å². The average Bonchev–Trinajstić information content (AvgIpc) is 2.86. The van der Waals surface area contributed by atoms with Crippen LogP contribution in [0, 0.1) is 13.8 Å². The molecule has 0 radical (unpaired) electrons. The fraction of sp³-hybridized carbons (Fsp3) is 0.412. The molecule has 0 aliphatic rings. The Hall–Kier alpha value is -2.10. The zero-order valence-corrected chi connectivity index (χ0v) is 13.2. The van der Waals surface area contributed by atoms with E-state index >= 15 is 0 Å². The molecule has 1 unspecified atom stereocenters. The van der Waals surface area contributed by atoms with Crippen LogP contribution in [0.4, 0.5) is 0 Å². The first-order chi connectivity index (χ1) is 10.1. The first-order valence-corrected chi connectivity index (χ1v) is 7.46. The van der Waals surface area contributed by atoms with Crippen molar-refractivity contribution in [3.63, 3.8) is 0 Å². The zero-order valence-electron chi connectivity index (χ0n) is 13.2. The van der Waals surface area contributed by atoms with Gasteiger partial charge in [0.05, 0.1) is 17.8 Å². The molecule has 1 amide bonds. The number of aryl methyl sites for hydroxylation is 2. The quantitative estimate of drug-likeness (QED) is 0.915. The molecule has 1 atom stereocenters. The minimum atomic E-state index is -0.0559. The van der Waals surface area contributed by atoms with Gasteiger partial charge in [0.15, 0.2) is 0 Å². The SMILES string of the molecule is CCC(NC(=O)c1cnn(CC)c1C)c1ccc(C)cc1. The number of rotatable bonds is 5. The summed E-state index contributed by atoms with van der Waals surface area (Å²) in [5.41, 5.74) is 3.92. The number of nitrogens with one attached hydrogen (secondary N) is 1. The predicted molar refractivity (Wildman–Crippen MR) is 84.3 cm³/mol. The predicted octanol–water partition coefficient (Wildman–Crippen LogP) is 3.40. The maximum Gasteiger partial charge on any atom is 0.255 e. The van der Waals surface area contributed by atoms with Gasteiger partial charge in [0, 0.05) is 12.2 Å². The summed E-state index contributed by atoms with van der Waals surface area (Å²) in [5, 5.41) is 7.33. The standard InChI is InChI=1S/C17H23N3O/c1-5-16(14-9-7-12(3)8-10-14)19-17(21)15-11-18-20(6-2)13(15)4/h7-11,16H,5-6H2,1-4H3,(H,19,21). The van der Waals surface area contributed by atoms with E-state index in [1.165, 1.54) is 5.56 Å². The average molecular weight is 285 g/mol. The summed E-state index contributed by atoms with van der Waals surface area (Å²) >= 11 is 0. The van der Waals surface area contributed by atoms with E-state index in [0.29, 0.717) is 5.56 Å². The van der Waals surface area contributed by atoms with Crippen molar-refractivity contribution in [2.45, 2.75) is 46.7 Å². The number of hydrogen-bond donors (Lipinski definition) is 1. The van der Waals surface area contributed by atoms with Crippen LogP contribution in [0.15, 0.2) is 30.5 Å². The molecular weight excluding hydrogens is 262 g/mol. The first kappa shape index (κ1) is 15.3. The molecule has 0 aliphatic carbocycles. The van der Waals surface area contributed by atoms with Crippen molar-refractivity contribution >= 4 is 5.91 Å². The van der Waals surface area contributed by atoms with Crippen LogP contribution in [0.2, 0.25) is 0 Å². The molecule has 0 saturated heterocycles. The fourth-order valence-electron chi connectivity index (χ4n) is 2.44. The summed E-state index contributed by atoms with van der Waals surface area (Å²) < 4.78 is 1.84. The topological polar surface area (TPSA) is 46.9 Å². The molecule has 0 bridgehead atoms. The van der Waals surface area contributed by atoms with E-state index in [9.17, 15) is 4.79 Å². The van der Waals surface area contributed by atoms with Gasteiger partial charge in [-0.2, -0.15) is 5.10 Å². The van der Waals surface area contributed by atoms with Gasteiger partial charge in [-0.1, -0.05) is 36.8 Å². The lowest BCUT2D eigenvalue weighted by atomic mass is 10.0. The lowest BCUT2D eigenvalue weighted by Crippen LogP contribution is -2.28. The highest BCUT2D eigenvalue weighted by atomic mass is 16.1. The maximum absolute atomic E-state index is 12.4. The number of nitrogens with zero attached hydrogens (tertiary/aromatic N) is 2. The lowest BCUT2D eigenvalue weighted by molar-refractivity contribution is 0.0935. The van der Waals surface area contributed by atoms with Crippen LogP contribution < -0.4 is 5.32 Å². The van der Waals surface area contributed by atoms with Crippen LogP contribution >= 0.6 is 0 Å². The van der Waals surface area contributed by atoms with Crippen molar-refractivity contribution < 1.29 is 4.79 Å². The molecule has 1 heterocycles. The Labute approximate surface area is 126 Å². The Bertz CT molecular complexity index is 613. The molecule has 1 aromatic carbocycles. The van der Waals surface area contributed by atoms with Crippen LogP contribution in [-0.2, 0) is 6.54 Å². The molecule has 1 N–H and O–H groups in total. The highest BCUT2D eigenvalue weighted by Gasteiger charge is 2.18. The van der Waals surface area contributed by atoms with Crippen LogP contribution in [0.5, 0.6) is 0 Å². The number of amides is 1. The van der Waals surface area contributed by atoms with E-state index in [-0.39, 0.29) is 11.9 Å². The summed E-state index contributed by atoms with van der Waals surface area (Å²) in [6, 6.07) is 8.33. The van der Waals surface area contributed by atoms with Crippen molar-refractivity contribution in [1.29, 1.82) is 0 Å². The molecular formula is C17H23N3O. The summed E-state index contributed by atoms with van der Waals surface area (Å²) in [4.78, 5) is 12.4. The van der Waals surface area contributed by atoms with E-state index in [1.807, 2.05) is 18.5 Å². The molecule has 0 saturated carbocycles. The third-order valence-electron chi connectivity index (χ3n) is 3.84. The van der Waals surface area contributed by atoms with Gasteiger partial charge >= 0.3 is 0 Å². The van der Waals surface area contributed by atoms with Crippen molar-refractivity contribution in [1.82, 2.24) is 15.1 Å². The largest absolute Gasteiger partial charge is 0.345 e. The number of aromatic nitrogens is 2. The van der Waals surface area contributed by atoms with E-state index in [2.05, 4.69) is 48.5 Å². The van der Waals surface area contributed by atoms with E-state index in [1.54, 1.807) is 6.20 Å². The Kier molecular flexibility index (Phi) is 4.78. The van der Waals surface area contributed by atoms with Crippen LogP contribution in [0.1, 0.15) is 53.5 Å². The number of benzene rings is 1. The maximum atomic E-state index is 12.4. The Morgan fingerprint density at radius 1 is 1.24 bits per heavy atom. The second kappa shape index (κ2) is 6.57. The first-order valence-electron chi connectivity index (χ1n) is 7.46. The third-order valence-corrected chi connectivity index (χ3v) is 3.84. The van der Waals surface area contributed by atoms with Gasteiger partial charge < -0.3 is 5.32 Å². The van der Waals surface area contributed by atoms with Crippen molar-refractivity contribution in [3.05, 3.63) is 52.8 Å². The zero-order chi connectivity index (χ0) is 15.4. The smallest absolute Gasteiger partial charge is 0.255 e. The summed E-state index contributed by atoms with van der Waals surface area (Å²) in [6.45, 7) is 8.86. The van der Waals surface area contributed by atoms with Gasteiger partial charge in [-0.15, -0.1) is 0 Å². The number of carbonyl (C=O) groups is 1. The minimum absolute atomic E-state index is 0.0301. The monoisotopic (exact) mass is 285 g/mol. The normalized spacial score (nSPS) is 12.2. The molecule has 1 aromatic heterocycles. The second-order valence-electron chi connectivity index (χ2n) is 5.30. The van der Waals surface area contributed by atoms with E-state index in [0.717, 1.165) is 24.2 Å². The third kappa shape index (κ3) is 3.32. The second-order valence-corrected chi connectivity index (χ2v) is 5.30. The molecule has 112 valence electrons. The van der Waals surface area contributed by atoms with Crippen molar-refractivity contribution in [2.75, 3.05) is 0 Å². The summed E-state index contributed by atoms with van der Waals surface area (Å²) in [7, 11) is 0. The van der Waals surface area contributed by atoms with E-state index in [4.69, 9.17) is 0 Å². The van der Waals surface area contributed by atoms with E-state index < -0.39 is 0 Å². The van der Waals surface area contributed by atoms with Crippen molar-refractivity contribution in [3.8, 4) is 0 Å². The summed E-state index contributed by atoms with van der Waals surface area (Å²) in [5.74, 6) is -0.0559. The lowest BCUT2D eigenvalue weighted by Gasteiger charge is -2.17. The van der Waals surface area contributed by atoms with Crippen LogP contribution in [0.25, 0.3) is 0 Å². The van der Waals surface area contributed by atoms with Gasteiger partial charge in [-0.05, 0) is 32.8 Å². The Morgan fingerprint density at radius 2 is 1.90 bits per heavy atom. The number of hydrogen-bond acceptors (Lipinski definition) is 2. The molecule has 0 spiro atoms. The highest BCUT2D eigenvalue weighted by Crippen LogP contribution is 2.18. The molecule has 0 fully saturated rings. The van der Waals surface area contributed by atoms with Gasteiger partial charge in [0.25, 0.3) is 5.91 Å². The molecule has 2 rings (SSSR count). The van der Waals surface area contributed by atoms with Gasteiger partial charge in [-0.3, -0.25) is 9.48 Å². The molecule has 4 nitrogen and oxygen atoms in total. The Morgan fingerprint density at radius 3 is 2.43 bits per heavy atom. The molecule has 4 heteroatoms. The number of carbonyl (C=O) groups excluding carboxylic acids is 1. The molecule has 21 heavy (non-hydrogen) atoms. The Balaban J connectivity index is 2.16. The fourth-order valence-corrected chi connectivity index (χ4v) is 2.44. The van der Waals surface area contributed by atoms with Crippen LogP contribution in [0.3, 0.4) is 0 Å². The molecule has 2 aromatic rings. The van der Waals surface area contributed by atoms with Crippen molar-refractivity contribution in [2.24, 2.45) is 0 Å². The van der Waals surface area contributed by atoms with Gasteiger partial charge in [0.2, 0.25) is 0 Å². The van der Waals surface area contributed by atoms with Crippen LogP contribution in [-0.4, -0.2) is 15.7 Å². The van der Waals surface area contributed by atoms with Gasteiger partial charge in [-0.25, -0.2) is 0 Å². The highest BCUT2D eigenvalue weighted by molar-refractivity contribution is 5.95.